The van der Waals surface area contributed by atoms with E-state index in [1.54, 1.807) is 18.2 Å². The minimum atomic E-state index is -5.03. The minimum Gasteiger partial charge on any atom is -0.385 e. The molecule has 0 atom stereocenters. The van der Waals surface area contributed by atoms with Gasteiger partial charge in [-0.1, -0.05) is 17.2 Å². The third kappa shape index (κ3) is 4.89. The molecule has 31 heavy (non-hydrogen) atoms. The summed E-state index contributed by atoms with van der Waals surface area (Å²) < 4.78 is 79.8. The molecule has 166 valence electrons. The van der Waals surface area contributed by atoms with Crippen LogP contribution in [0.25, 0.3) is 5.69 Å². The van der Waals surface area contributed by atoms with E-state index in [9.17, 15) is 31.1 Å². The molecule has 6 nitrogen and oxygen atoms in total. The molecule has 0 aliphatic carbocycles. The topological polar surface area (TPSA) is 64.7 Å². The third-order valence-electron chi connectivity index (χ3n) is 4.46. The molecule has 0 radical (unpaired) electrons. The molecule has 0 bridgehead atoms. The second-order valence-electron chi connectivity index (χ2n) is 6.76. The van der Waals surface area contributed by atoms with Crippen molar-refractivity contribution in [2.24, 2.45) is 0 Å². The number of anilines is 1. The first-order chi connectivity index (χ1) is 14.4. The van der Waals surface area contributed by atoms with Gasteiger partial charge >= 0.3 is 18.0 Å². The van der Waals surface area contributed by atoms with Crippen LogP contribution in [0.2, 0.25) is 0 Å². The van der Waals surface area contributed by atoms with Gasteiger partial charge in [0, 0.05) is 12.2 Å². The number of hydrogen-bond acceptors (Lipinski definition) is 4. The zero-order valence-corrected chi connectivity index (χ0v) is 16.3. The summed E-state index contributed by atoms with van der Waals surface area (Å²) in [6, 6.07) is 6.17. The molecule has 0 unspecified atom stereocenters. The molecule has 1 heterocycles. The van der Waals surface area contributed by atoms with E-state index in [1.807, 2.05) is 13.8 Å². The maximum Gasteiger partial charge on any atom is 0.416 e. The predicted octanol–water partition coefficient (Wildman–Crippen LogP) is 4.26. The first-order valence-electron chi connectivity index (χ1n) is 9.06. The molecular formula is C19H17F6N5O. The van der Waals surface area contributed by atoms with Crippen molar-refractivity contribution in [3.63, 3.8) is 0 Å². The summed E-state index contributed by atoms with van der Waals surface area (Å²) in [7, 11) is 0. The lowest BCUT2D eigenvalue weighted by Gasteiger charge is -2.16. The SMILES string of the molecule is CCNc1ccc(Cn2c(=O)nnn2-c2cc(C(F)(F)F)cc(C(F)(F)F)c2)cc1C. The number of halogens is 6. The van der Waals surface area contributed by atoms with Crippen LogP contribution in [0.1, 0.15) is 29.2 Å². The number of aromatic nitrogens is 4. The molecule has 0 spiro atoms. The number of benzene rings is 2. The fourth-order valence-corrected chi connectivity index (χ4v) is 3.03. The summed E-state index contributed by atoms with van der Waals surface area (Å²) in [5.74, 6) is 0. The van der Waals surface area contributed by atoms with Crippen LogP contribution in [-0.4, -0.2) is 26.3 Å². The van der Waals surface area contributed by atoms with Crippen LogP contribution in [0.3, 0.4) is 0 Å². The third-order valence-corrected chi connectivity index (χ3v) is 4.46. The van der Waals surface area contributed by atoms with Crippen molar-refractivity contribution in [1.29, 1.82) is 0 Å². The van der Waals surface area contributed by atoms with Crippen LogP contribution >= 0.6 is 0 Å². The molecule has 1 N–H and O–H groups in total. The van der Waals surface area contributed by atoms with Crippen LogP contribution in [0.15, 0.2) is 41.2 Å². The number of nitrogens with one attached hydrogen (secondary N) is 1. The van der Waals surface area contributed by atoms with Gasteiger partial charge in [0.25, 0.3) is 0 Å². The van der Waals surface area contributed by atoms with Crippen molar-refractivity contribution in [2.45, 2.75) is 32.7 Å². The Kier molecular flexibility index (Phi) is 5.83. The fraction of sp³-hybridized carbons (Fsp3) is 0.316. The van der Waals surface area contributed by atoms with E-state index in [-0.39, 0.29) is 12.6 Å². The largest absolute Gasteiger partial charge is 0.416 e. The molecule has 12 heteroatoms. The number of rotatable bonds is 5. The predicted molar refractivity (Wildman–Crippen MR) is 100 cm³/mol. The lowest BCUT2D eigenvalue weighted by Crippen LogP contribution is -2.24. The van der Waals surface area contributed by atoms with Gasteiger partial charge in [0.15, 0.2) is 0 Å². The van der Waals surface area contributed by atoms with Gasteiger partial charge in [0.1, 0.15) is 0 Å². The number of tetrazole rings is 1. The Labute approximate surface area is 172 Å². The minimum absolute atomic E-state index is 0.00565. The van der Waals surface area contributed by atoms with Gasteiger partial charge in [-0.3, -0.25) is 0 Å². The summed E-state index contributed by atoms with van der Waals surface area (Å²) in [4.78, 5) is 12.8. The highest BCUT2D eigenvalue weighted by Gasteiger charge is 2.37. The zero-order chi connectivity index (χ0) is 23.0. The van der Waals surface area contributed by atoms with E-state index >= 15 is 0 Å². The smallest absolute Gasteiger partial charge is 0.385 e. The quantitative estimate of drug-likeness (QED) is 0.597. The van der Waals surface area contributed by atoms with Crippen molar-refractivity contribution >= 4 is 5.69 Å². The Hall–Kier alpha value is -3.31. The van der Waals surface area contributed by atoms with Gasteiger partial charge in [-0.15, -0.1) is 4.80 Å². The highest BCUT2D eigenvalue weighted by Crippen LogP contribution is 2.37. The highest BCUT2D eigenvalue weighted by molar-refractivity contribution is 5.52. The number of alkyl halides is 6. The Morgan fingerprint density at radius 3 is 2.10 bits per heavy atom. The molecular weight excluding hydrogens is 428 g/mol. The van der Waals surface area contributed by atoms with Gasteiger partial charge in [-0.25, -0.2) is 9.48 Å². The van der Waals surface area contributed by atoms with E-state index in [0.717, 1.165) is 15.9 Å². The van der Waals surface area contributed by atoms with Crippen LogP contribution in [0.4, 0.5) is 32.0 Å². The van der Waals surface area contributed by atoms with E-state index in [2.05, 4.69) is 15.6 Å². The summed E-state index contributed by atoms with van der Waals surface area (Å²) in [5, 5.41) is 9.90. The average molecular weight is 445 g/mol. The number of hydrogen-bond donors (Lipinski definition) is 1. The monoisotopic (exact) mass is 445 g/mol. The van der Waals surface area contributed by atoms with Crippen molar-refractivity contribution in [1.82, 2.24) is 19.8 Å². The van der Waals surface area contributed by atoms with Crippen LogP contribution < -0.4 is 11.0 Å². The molecule has 0 fully saturated rings. The average Bonchev–Trinajstić information content (AvgIpc) is 3.03. The second kappa shape index (κ2) is 8.08. The molecule has 0 aliphatic heterocycles. The maximum atomic E-state index is 13.2. The molecule has 2 aromatic carbocycles. The second-order valence-corrected chi connectivity index (χ2v) is 6.76. The van der Waals surface area contributed by atoms with Gasteiger partial charge in [0.05, 0.1) is 23.4 Å². The molecule has 3 rings (SSSR count). The van der Waals surface area contributed by atoms with Crippen molar-refractivity contribution < 1.29 is 26.3 Å². The van der Waals surface area contributed by atoms with Gasteiger partial charge in [-0.05, 0) is 54.5 Å². The van der Waals surface area contributed by atoms with E-state index in [4.69, 9.17) is 0 Å². The lowest BCUT2D eigenvalue weighted by molar-refractivity contribution is -0.143. The van der Waals surface area contributed by atoms with E-state index < -0.39 is 34.9 Å². The molecule has 0 saturated heterocycles. The van der Waals surface area contributed by atoms with Gasteiger partial charge in [0.2, 0.25) is 0 Å². The van der Waals surface area contributed by atoms with E-state index in [1.165, 1.54) is 0 Å². The van der Waals surface area contributed by atoms with Gasteiger partial charge < -0.3 is 5.32 Å². The number of aryl methyl sites for hydroxylation is 1. The standard InChI is InChI=1S/C19H17F6N5O/c1-3-26-16-5-4-12(6-11(16)2)10-29-17(31)27-28-30(29)15-8-13(18(20,21)22)7-14(9-15)19(23,24)25/h4-9,26H,3,10H2,1-2H3. The van der Waals surface area contributed by atoms with Crippen LogP contribution in [0, 0.1) is 6.92 Å². The first kappa shape index (κ1) is 22.4. The molecule has 0 saturated carbocycles. The normalized spacial score (nSPS) is 12.3. The van der Waals surface area contributed by atoms with Crippen molar-refractivity contribution in [3.05, 3.63) is 69.1 Å². The summed E-state index contributed by atoms with van der Waals surface area (Å²) in [6.45, 7) is 4.27. The highest BCUT2D eigenvalue weighted by atomic mass is 19.4. The van der Waals surface area contributed by atoms with Crippen molar-refractivity contribution in [3.8, 4) is 5.69 Å². The Morgan fingerprint density at radius 1 is 0.968 bits per heavy atom. The van der Waals surface area contributed by atoms with Gasteiger partial charge in [-0.2, -0.15) is 26.3 Å². The maximum absolute atomic E-state index is 13.2. The van der Waals surface area contributed by atoms with Crippen molar-refractivity contribution in [2.75, 3.05) is 11.9 Å². The van der Waals surface area contributed by atoms with Crippen LogP contribution in [0.5, 0.6) is 0 Å². The Bertz CT molecular complexity index is 1110. The molecule has 0 aliphatic rings. The van der Waals surface area contributed by atoms with E-state index in [0.29, 0.717) is 29.0 Å². The van der Waals surface area contributed by atoms with Crippen LogP contribution in [-0.2, 0) is 18.9 Å². The molecule has 3 aromatic rings. The molecule has 1 aromatic heterocycles. The Balaban J connectivity index is 2.08. The summed E-state index contributed by atoms with van der Waals surface area (Å²) >= 11 is 0. The summed E-state index contributed by atoms with van der Waals surface area (Å²) in [6.07, 6.45) is -10.1. The Morgan fingerprint density at radius 2 is 1.58 bits per heavy atom. The number of nitrogens with zero attached hydrogens (tertiary/aromatic N) is 4. The summed E-state index contributed by atoms with van der Waals surface area (Å²) in [5.41, 5.74) is -2.23. The lowest BCUT2D eigenvalue weighted by atomic mass is 10.1. The first-order valence-corrected chi connectivity index (χ1v) is 9.06. The molecule has 0 amide bonds. The fourth-order valence-electron chi connectivity index (χ4n) is 3.03. The zero-order valence-electron chi connectivity index (χ0n) is 16.3.